The van der Waals surface area contributed by atoms with Crippen molar-refractivity contribution in [3.63, 3.8) is 0 Å². The third-order valence-electron chi connectivity index (χ3n) is 2.05. The van der Waals surface area contributed by atoms with Crippen LogP contribution in [0, 0.1) is 0 Å². The van der Waals surface area contributed by atoms with Gasteiger partial charge in [0.2, 0.25) is 0 Å². The van der Waals surface area contributed by atoms with Crippen LogP contribution in [0.4, 0.5) is 13.2 Å². The monoisotopic (exact) mass is 230 g/mol. The second-order valence-electron chi connectivity index (χ2n) is 3.23. The van der Waals surface area contributed by atoms with Crippen LogP contribution < -0.4 is 0 Å². The largest absolute Gasteiger partial charge is 0.435 e. The van der Waals surface area contributed by atoms with Crippen molar-refractivity contribution in [1.29, 1.82) is 0 Å². The van der Waals surface area contributed by atoms with E-state index in [1.807, 2.05) is 0 Å². The Labute approximate surface area is 89.3 Å². The molecule has 86 valence electrons. The van der Waals surface area contributed by atoms with E-state index in [-0.39, 0.29) is 0 Å². The van der Waals surface area contributed by atoms with Crippen LogP contribution in [0.3, 0.4) is 0 Å². The van der Waals surface area contributed by atoms with E-state index >= 15 is 0 Å². The molecule has 0 N–H and O–H groups in total. The van der Waals surface area contributed by atoms with Gasteiger partial charge >= 0.3 is 6.18 Å². The fraction of sp³-hybridized carbons (Fsp3) is 0.333. The van der Waals surface area contributed by atoms with Crippen LogP contribution in [-0.4, -0.2) is 19.6 Å². The van der Waals surface area contributed by atoms with Gasteiger partial charge in [0.25, 0.3) is 0 Å². The molecule has 2 rings (SSSR count). The van der Waals surface area contributed by atoms with Crippen molar-refractivity contribution in [2.75, 3.05) is 0 Å². The number of aromatic nitrogens is 4. The van der Waals surface area contributed by atoms with E-state index < -0.39 is 11.9 Å². The molecule has 0 amide bonds. The van der Waals surface area contributed by atoms with Gasteiger partial charge in [-0.2, -0.15) is 23.4 Å². The van der Waals surface area contributed by atoms with Crippen molar-refractivity contribution in [2.45, 2.75) is 19.3 Å². The minimum Gasteiger partial charge on any atom is -0.271 e. The molecule has 0 aliphatic carbocycles. The standard InChI is InChI=1S/C9H9F3N4/c10-9(11,12)8-2-5-16(14-8)7-6-15-4-1-3-13-15/h1-5H,6-7H2. The minimum absolute atomic E-state index is 0.359. The Morgan fingerprint density at radius 3 is 2.44 bits per heavy atom. The second-order valence-corrected chi connectivity index (χ2v) is 3.23. The van der Waals surface area contributed by atoms with Gasteiger partial charge in [-0.05, 0) is 12.1 Å². The molecular weight excluding hydrogens is 221 g/mol. The van der Waals surface area contributed by atoms with Crippen LogP contribution in [-0.2, 0) is 19.3 Å². The summed E-state index contributed by atoms with van der Waals surface area (Å²) in [5.41, 5.74) is -0.868. The molecule has 4 nitrogen and oxygen atoms in total. The Morgan fingerprint density at radius 1 is 1.12 bits per heavy atom. The predicted octanol–water partition coefficient (Wildman–Crippen LogP) is 1.80. The summed E-state index contributed by atoms with van der Waals surface area (Å²) in [4.78, 5) is 0. The van der Waals surface area contributed by atoms with Gasteiger partial charge in [0.05, 0.1) is 13.1 Å². The molecule has 0 spiro atoms. The molecule has 0 aromatic carbocycles. The van der Waals surface area contributed by atoms with E-state index in [4.69, 9.17) is 0 Å². The molecule has 2 heterocycles. The van der Waals surface area contributed by atoms with Gasteiger partial charge in [0, 0.05) is 18.6 Å². The molecule has 16 heavy (non-hydrogen) atoms. The lowest BCUT2D eigenvalue weighted by molar-refractivity contribution is -0.141. The summed E-state index contributed by atoms with van der Waals surface area (Å²) in [6, 6.07) is 2.72. The zero-order chi connectivity index (χ0) is 11.6. The highest BCUT2D eigenvalue weighted by Gasteiger charge is 2.33. The van der Waals surface area contributed by atoms with Crippen LogP contribution in [0.15, 0.2) is 30.7 Å². The van der Waals surface area contributed by atoms with E-state index in [0.717, 1.165) is 6.07 Å². The first-order chi connectivity index (χ1) is 7.55. The molecule has 0 saturated carbocycles. The Bertz CT molecular complexity index is 444. The summed E-state index contributed by atoms with van der Waals surface area (Å²) < 4.78 is 39.6. The fourth-order valence-electron chi connectivity index (χ4n) is 1.28. The first-order valence-electron chi connectivity index (χ1n) is 4.64. The first kappa shape index (κ1) is 10.7. The first-order valence-corrected chi connectivity index (χ1v) is 4.64. The molecule has 0 saturated heterocycles. The van der Waals surface area contributed by atoms with Gasteiger partial charge in [-0.15, -0.1) is 0 Å². The van der Waals surface area contributed by atoms with E-state index in [1.165, 1.54) is 10.9 Å². The Kier molecular flexibility index (Phi) is 2.67. The minimum atomic E-state index is -4.38. The topological polar surface area (TPSA) is 35.6 Å². The molecule has 0 bridgehead atoms. The van der Waals surface area contributed by atoms with Crippen LogP contribution in [0.2, 0.25) is 0 Å². The lowest BCUT2D eigenvalue weighted by Crippen LogP contribution is -2.11. The van der Waals surface area contributed by atoms with Gasteiger partial charge in [-0.3, -0.25) is 9.36 Å². The van der Waals surface area contributed by atoms with Crippen molar-refractivity contribution in [3.8, 4) is 0 Å². The Morgan fingerprint density at radius 2 is 1.88 bits per heavy atom. The normalized spacial score (nSPS) is 11.9. The predicted molar refractivity (Wildman–Crippen MR) is 49.5 cm³/mol. The summed E-state index contributed by atoms with van der Waals surface area (Å²) in [6.07, 6.45) is 0.293. The summed E-state index contributed by atoms with van der Waals surface area (Å²) in [5, 5.41) is 7.37. The molecular formula is C9H9F3N4. The molecule has 0 aliphatic rings. The highest BCUT2D eigenvalue weighted by molar-refractivity contribution is 5.03. The van der Waals surface area contributed by atoms with Gasteiger partial charge in [0.1, 0.15) is 0 Å². The molecule has 2 aromatic heterocycles. The number of rotatable bonds is 3. The fourth-order valence-corrected chi connectivity index (χ4v) is 1.28. The van der Waals surface area contributed by atoms with Crippen molar-refractivity contribution in [2.24, 2.45) is 0 Å². The van der Waals surface area contributed by atoms with E-state index in [2.05, 4.69) is 10.2 Å². The number of alkyl halides is 3. The third kappa shape index (κ3) is 2.41. The quantitative estimate of drug-likeness (QED) is 0.806. The summed E-state index contributed by atoms with van der Waals surface area (Å²) in [6.45, 7) is 0.851. The number of aryl methyl sites for hydroxylation is 2. The van der Waals surface area contributed by atoms with Gasteiger partial charge < -0.3 is 0 Å². The maximum absolute atomic E-state index is 12.2. The highest BCUT2D eigenvalue weighted by Crippen LogP contribution is 2.27. The number of halogens is 3. The molecule has 0 atom stereocenters. The van der Waals surface area contributed by atoms with Crippen molar-refractivity contribution in [1.82, 2.24) is 19.6 Å². The SMILES string of the molecule is FC(F)(F)c1ccn(CCn2cccn2)n1. The van der Waals surface area contributed by atoms with Gasteiger partial charge in [-0.1, -0.05) is 0 Å². The Hall–Kier alpha value is -1.79. The average Bonchev–Trinajstić information content (AvgIpc) is 2.85. The number of nitrogens with zero attached hydrogens (tertiary/aromatic N) is 4. The average molecular weight is 230 g/mol. The van der Waals surface area contributed by atoms with Crippen molar-refractivity contribution < 1.29 is 13.2 Å². The Balaban J connectivity index is 1.98. The highest BCUT2D eigenvalue weighted by atomic mass is 19.4. The van der Waals surface area contributed by atoms with Gasteiger partial charge in [0.15, 0.2) is 5.69 Å². The van der Waals surface area contributed by atoms with E-state index in [1.54, 1.807) is 23.1 Å². The molecule has 2 aromatic rings. The van der Waals surface area contributed by atoms with Crippen LogP contribution in [0.5, 0.6) is 0 Å². The molecule has 7 heteroatoms. The van der Waals surface area contributed by atoms with Crippen molar-refractivity contribution >= 4 is 0 Å². The summed E-state index contributed by atoms with van der Waals surface area (Å²) in [5.74, 6) is 0. The maximum atomic E-state index is 12.2. The lowest BCUT2D eigenvalue weighted by atomic mass is 10.4. The molecule has 0 unspecified atom stereocenters. The van der Waals surface area contributed by atoms with Crippen LogP contribution >= 0.6 is 0 Å². The molecule has 0 fully saturated rings. The smallest absolute Gasteiger partial charge is 0.271 e. The van der Waals surface area contributed by atoms with E-state index in [9.17, 15) is 13.2 Å². The van der Waals surface area contributed by atoms with Crippen LogP contribution in [0.25, 0.3) is 0 Å². The second kappa shape index (κ2) is 3.99. The van der Waals surface area contributed by atoms with E-state index in [0.29, 0.717) is 13.1 Å². The lowest BCUT2D eigenvalue weighted by Gasteiger charge is -2.03. The van der Waals surface area contributed by atoms with Gasteiger partial charge in [-0.25, -0.2) is 0 Å². The number of hydrogen-bond donors (Lipinski definition) is 0. The number of hydrogen-bond acceptors (Lipinski definition) is 2. The zero-order valence-corrected chi connectivity index (χ0v) is 8.22. The summed E-state index contributed by atoms with van der Waals surface area (Å²) in [7, 11) is 0. The maximum Gasteiger partial charge on any atom is 0.435 e. The third-order valence-corrected chi connectivity index (χ3v) is 2.05. The molecule has 0 radical (unpaired) electrons. The summed E-state index contributed by atoms with van der Waals surface area (Å²) >= 11 is 0. The molecule has 0 aliphatic heterocycles. The van der Waals surface area contributed by atoms with Crippen LogP contribution in [0.1, 0.15) is 5.69 Å². The zero-order valence-electron chi connectivity index (χ0n) is 8.22. The van der Waals surface area contributed by atoms with Crippen molar-refractivity contribution in [3.05, 3.63) is 36.4 Å².